The third kappa shape index (κ3) is 8.13. The van der Waals surface area contributed by atoms with E-state index in [1.807, 2.05) is 170 Å². The van der Waals surface area contributed by atoms with Crippen LogP contribution >= 0.6 is 0 Å². The van der Waals surface area contributed by atoms with Crippen molar-refractivity contribution >= 4 is 22.8 Å². The number of aromatic hydroxyl groups is 2. The molecule has 0 spiro atoms. The summed E-state index contributed by atoms with van der Waals surface area (Å²) >= 11 is 0. The molecule has 0 heterocycles. The molecule has 5 heteroatoms. The van der Waals surface area contributed by atoms with Crippen molar-refractivity contribution in [3.8, 4) is 44.9 Å². The second-order valence-corrected chi connectivity index (χ2v) is 12.9. The predicted octanol–water partition coefficient (Wildman–Crippen LogP) is 12.4. The van der Waals surface area contributed by atoms with E-state index in [2.05, 4.69) is 24.3 Å². The van der Waals surface area contributed by atoms with Gasteiger partial charge in [0.2, 0.25) is 0 Å². The van der Waals surface area contributed by atoms with Crippen LogP contribution in [0, 0.1) is 0 Å². The number of benzene rings is 8. The van der Waals surface area contributed by atoms with Gasteiger partial charge in [-0.25, -0.2) is 9.98 Å². The SMILES string of the molecule is Oc1ccc(-c2ccccc2)cc1C(=Nc1ccccc1-c1ccccc1N=C(c1ccccc1)c1cc(-c2ccccc2)ccc1O)c1ccccc1.[Zn]. The molecule has 0 atom stereocenters. The molecule has 4 nitrogen and oxygen atoms in total. The van der Waals surface area contributed by atoms with Gasteiger partial charge in [0.25, 0.3) is 0 Å². The molecule has 0 saturated carbocycles. The fourth-order valence-corrected chi connectivity index (χ4v) is 6.66. The monoisotopic (exact) mass is 760 g/mol. The Bertz CT molecular complexity index is 2420. The first kappa shape index (κ1) is 36.7. The van der Waals surface area contributed by atoms with Gasteiger partial charge in [0.05, 0.1) is 22.8 Å². The number of para-hydroxylation sites is 2. The zero-order chi connectivity index (χ0) is 36.7. The van der Waals surface area contributed by atoms with E-state index in [4.69, 9.17) is 9.98 Å². The van der Waals surface area contributed by atoms with Crippen molar-refractivity contribution in [2.75, 3.05) is 0 Å². The van der Waals surface area contributed by atoms with Gasteiger partial charge in [-0.15, -0.1) is 0 Å². The van der Waals surface area contributed by atoms with Crippen LogP contribution in [0.2, 0.25) is 0 Å². The van der Waals surface area contributed by atoms with Crippen LogP contribution in [-0.2, 0) is 19.5 Å². The smallest absolute Gasteiger partial charge is 0.125 e. The van der Waals surface area contributed by atoms with Gasteiger partial charge >= 0.3 is 0 Å². The summed E-state index contributed by atoms with van der Waals surface area (Å²) in [6, 6.07) is 67.5. The van der Waals surface area contributed by atoms with Crippen LogP contribution in [0.5, 0.6) is 11.5 Å². The average molecular weight is 762 g/mol. The third-order valence-corrected chi connectivity index (χ3v) is 9.37. The molecule has 0 amide bonds. The molecular weight excluding hydrogens is 726 g/mol. The van der Waals surface area contributed by atoms with Crippen LogP contribution in [0.1, 0.15) is 22.3 Å². The fourth-order valence-electron chi connectivity index (χ4n) is 6.66. The molecular formula is C50H36N2O2Zn. The minimum Gasteiger partial charge on any atom is -0.507 e. The Hall–Kier alpha value is -6.68. The molecule has 0 aliphatic rings. The van der Waals surface area contributed by atoms with Crippen molar-refractivity contribution in [3.63, 3.8) is 0 Å². The molecule has 0 saturated heterocycles. The first-order chi connectivity index (χ1) is 26.6. The Morgan fingerprint density at radius 3 is 1.04 bits per heavy atom. The van der Waals surface area contributed by atoms with E-state index in [9.17, 15) is 10.2 Å². The molecule has 55 heavy (non-hydrogen) atoms. The number of nitrogens with zero attached hydrogens (tertiary/aromatic N) is 2. The van der Waals surface area contributed by atoms with Crippen LogP contribution in [0.25, 0.3) is 33.4 Å². The molecule has 0 aromatic heterocycles. The Morgan fingerprint density at radius 2 is 0.655 bits per heavy atom. The van der Waals surface area contributed by atoms with Gasteiger partial charge in [0, 0.05) is 52.9 Å². The minimum atomic E-state index is 0. The Labute approximate surface area is 334 Å². The maximum Gasteiger partial charge on any atom is 0.125 e. The number of aliphatic imine (C=N–C) groups is 2. The van der Waals surface area contributed by atoms with Crippen molar-refractivity contribution in [2.24, 2.45) is 9.98 Å². The van der Waals surface area contributed by atoms with Crippen molar-refractivity contribution in [2.45, 2.75) is 0 Å². The second kappa shape index (κ2) is 17.0. The first-order valence-electron chi connectivity index (χ1n) is 17.9. The molecule has 0 bridgehead atoms. The zero-order valence-electron chi connectivity index (χ0n) is 30.1. The summed E-state index contributed by atoms with van der Waals surface area (Å²) in [6.07, 6.45) is 0. The summed E-state index contributed by atoms with van der Waals surface area (Å²) in [5.41, 5.74) is 11.5. The number of rotatable bonds is 9. The maximum atomic E-state index is 11.3. The van der Waals surface area contributed by atoms with E-state index >= 15 is 0 Å². The topological polar surface area (TPSA) is 65.2 Å². The quantitative estimate of drug-likeness (QED) is 0.114. The van der Waals surface area contributed by atoms with Gasteiger partial charge in [0.1, 0.15) is 11.5 Å². The van der Waals surface area contributed by atoms with Crippen LogP contribution in [0.15, 0.2) is 216 Å². The molecule has 0 unspecified atom stereocenters. The fraction of sp³-hybridized carbons (Fsp3) is 0. The number of hydrogen-bond donors (Lipinski definition) is 2. The molecule has 0 fully saturated rings. The number of phenolic OH excluding ortho intramolecular Hbond substituents is 2. The second-order valence-electron chi connectivity index (χ2n) is 12.9. The van der Waals surface area contributed by atoms with Gasteiger partial charge in [-0.2, -0.15) is 0 Å². The molecule has 8 aromatic carbocycles. The molecule has 2 N–H and O–H groups in total. The predicted molar refractivity (Wildman–Crippen MR) is 222 cm³/mol. The minimum absolute atomic E-state index is 0. The zero-order valence-corrected chi connectivity index (χ0v) is 33.1. The number of phenols is 2. The summed E-state index contributed by atoms with van der Waals surface area (Å²) < 4.78 is 0. The molecule has 8 aromatic rings. The maximum absolute atomic E-state index is 11.3. The Balaban J connectivity index is 0.00000465. The Morgan fingerprint density at radius 1 is 0.327 bits per heavy atom. The summed E-state index contributed by atoms with van der Waals surface area (Å²) in [7, 11) is 0. The third-order valence-electron chi connectivity index (χ3n) is 9.37. The summed E-state index contributed by atoms with van der Waals surface area (Å²) in [5, 5.41) is 22.7. The Kier molecular flexibility index (Phi) is 11.3. The molecule has 260 valence electrons. The van der Waals surface area contributed by atoms with Crippen LogP contribution in [0.4, 0.5) is 11.4 Å². The average Bonchev–Trinajstić information content (AvgIpc) is 3.24. The first-order valence-corrected chi connectivity index (χ1v) is 17.9. The van der Waals surface area contributed by atoms with Gasteiger partial charge < -0.3 is 10.2 Å². The van der Waals surface area contributed by atoms with Gasteiger partial charge in [0.15, 0.2) is 0 Å². The van der Waals surface area contributed by atoms with E-state index in [0.29, 0.717) is 22.6 Å². The molecule has 8 rings (SSSR count). The van der Waals surface area contributed by atoms with Crippen LogP contribution in [0.3, 0.4) is 0 Å². The summed E-state index contributed by atoms with van der Waals surface area (Å²) in [6.45, 7) is 0. The largest absolute Gasteiger partial charge is 0.507 e. The molecule has 0 aliphatic carbocycles. The standard InChI is InChI=1S/C50H36N2O2.Zn/c53-47-31-29-39(35-17-5-1-6-18-35)33-43(47)49(37-21-9-3-10-22-37)51-45-27-15-13-25-41(45)42-26-14-16-28-46(42)52-50(38-23-11-4-12-24-38)44-34-40(30-32-48(44)54)36-19-7-2-8-20-36;/h1-34,53-54H;. The van der Waals surface area contributed by atoms with E-state index < -0.39 is 0 Å². The van der Waals surface area contributed by atoms with Crippen LogP contribution < -0.4 is 0 Å². The van der Waals surface area contributed by atoms with Gasteiger partial charge in [-0.05, 0) is 58.7 Å². The van der Waals surface area contributed by atoms with Crippen molar-refractivity contribution in [1.82, 2.24) is 0 Å². The van der Waals surface area contributed by atoms with E-state index in [-0.39, 0.29) is 31.0 Å². The van der Waals surface area contributed by atoms with E-state index in [0.717, 1.165) is 55.9 Å². The normalized spacial score (nSPS) is 11.5. The number of hydrogen-bond acceptors (Lipinski definition) is 4. The molecule has 0 aliphatic heterocycles. The molecule has 0 radical (unpaired) electrons. The summed E-state index contributed by atoms with van der Waals surface area (Å²) in [4.78, 5) is 10.7. The van der Waals surface area contributed by atoms with Crippen molar-refractivity contribution in [3.05, 3.63) is 229 Å². The van der Waals surface area contributed by atoms with Crippen molar-refractivity contribution in [1.29, 1.82) is 0 Å². The van der Waals surface area contributed by atoms with Crippen LogP contribution in [-0.4, -0.2) is 21.6 Å². The van der Waals surface area contributed by atoms with E-state index in [1.54, 1.807) is 12.1 Å². The summed E-state index contributed by atoms with van der Waals surface area (Å²) in [5.74, 6) is 0.287. The van der Waals surface area contributed by atoms with Gasteiger partial charge in [-0.3, -0.25) is 0 Å². The van der Waals surface area contributed by atoms with E-state index in [1.165, 1.54) is 0 Å². The van der Waals surface area contributed by atoms with Gasteiger partial charge in [-0.1, -0.05) is 170 Å². The van der Waals surface area contributed by atoms with Crippen molar-refractivity contribution < 1.29 is 29.7 Å².